The lowest BCUT2D eigenvalue weighted by atomic mass is 9.97. The van der Waals surface area contributed by atoms with Crippen LogP contribution in [0.1, 0.15) is 35.3 Å². The molecular weight excluding hydrogens is 404 g/mol. The van der Waals surface area contributed by atoms with Gasteiger partial charge in [-0.15, -0.1) is 0 Å². The molecule has 0 saturated carbocycles. The number of phenols is 1. The number of methoxy groups -OCH3 is 1. The van der Waals surface area contributed by atoms with Crippen molar-refractivity contribution in [3.05, 3.63) is 59.2 Å². The van der Waals surface area contributed by atoms with Gasteiger partial charge in [0.15, 0.2) is 5.78 Å². The van der Waals surface area contributed by atoms with Crippen LogP contribution in [0.3, 0.4) is 0 Å². The van der Waals surface area contributed by atoms with Gasteiger partial charge in [0.2, 0.25) is 0 Å². The van der Waals surface area contributed by atoms with Crippen molar-refractivity contribution in [2.75, 3.05) is 45.2 Å². The fourth-order valence-electron chi connectivity index (χ4n) is 4.00. The molecule has 32 heavy (non-hydrogen) atoms. The third-order valence-corrected chi connectivity index (χ3v) is 5.95. The summed E-state index contributed by atoms with van der Waals surface area (Å²) in [5, 5.41) is 10.8. The van der Waals surface area contributed by atoms with E-state index >= 15 is 0 Å². The lowest BCUT2D eigenvalue weighted by Crippen LogP contribution is -2.44. The average molecular weight is 435 g/mol. The van der Waals surface area contributed by atoms with Gasteiger partial charge in [0.05, 0.1) is 12.7 Å². The maximum absolute atomic E-state index is 13.0. The first kappa shape index (κ1) is 22.0. The lowest BCUT2D eigenvalue weighted by Gasteiger charge is -2.34. The number of piperazine rings is 1. The molecule has 0 radical (unpaired) electrons. The smallest absolute Gasteiger partial charge is 0.193 e. The molecule has 2 aromatic carbocycles. The van der Waals surface area contributed by atoms with Crippen LogP contribution in [0.25, 0.3) is 12.2 Å². The van der Waals surface area contributed by atoms with Gasteiger partial charge in [-0.3, -0.25) is 4.79 Å². The first-order valence-electron chi connectivity index (χ1n) is 10.9. The zero-order valence-corrected chi connectivity index (χ0v) is 19.1. The summed E-state index contributed by atoms with van der Waals surface area (Å²) in [7, 11) is 3.62. The number of hydrogen-bond acceptors (Lipinski definition) is 6. The van der Waals surface area contributed by atoms with Crippen LogP contribution in [0.5, 0.6) is 17.2 Å². The Labute approximate surface area is 189 Å². The highest BCUT2D eigenvalue weighted by atomic mass is 16.5. The third kappa shape index (κ3) is 4.50. The number of allylic oxidation sites excluding steroid dienone is 1. The Balaban J connectivity index is 1.54. The number of phenolic OH excluding ortho intramolecular Hbond substituents is 1. The quantitative estimate of drug-likeness (QED) is 0.561. The van der Waals surface area contributed by atoms with Gasteiger partial charge in [0.25, 0.3) is 0 Å². The lowest BCUT2D eigenvalue weighted by molar-refractivity contribution is 0.104. The molecule has 168 valence electrons. The summed E-state index contributed by atoms with van der Waals surface area (Å²) in [5.74, 6) is 0.314. The maximum atomic E-state index is 13.0. The molecule has 0 amide bonds. The Kier molecular flexibility index (Phi) is 5.98. The summed E-state index contributed by atoms with van der Waals surface area (Å²) in [6, 6.07) is 9.82. The molecule has 0 atom stereocenters. The Hall–Kier alpha value is -3.25. The second kappa shape index (κ2) is 8.71. The molecule has 6 heteroatoms. The summed E-state index contributed by atoms with van der Waals surface area (Å²) in [6.45, 7) is 7.98. The highest BCUT2D eigenvalue weighted by Crippen LogP contribution is 2.43. The monoisotopic (exact) mass is 434 g/mol. The predicted octanol–water partition coefficient (Wildman–Crippen LogP) is 4.23. The number of ketones is 1. The van der Waals surface area contributed by atoms with Gasteiger partial charge >= 0.3 is 0 Å². The van der Waals surface area contributed by atoms with E-state index in [9.17, 15) is 9.90 Å². The molecule has 0 aliphatic carbocycles. The van der Waals surface area contributed by atoms with E-state index in [2.05, 4.69) is 29.0 Å². The van der Waals surface area contributed by atoms with Gasteiger partial charge in [0.1, 0.15) is 28.4 Å². The minimum atomic E-state index is -0.494. The molecular formula is C26H30N2O4. The SMILES string of the molecule is COc1cc2c(c(O)c1C(=O)/C=C/c1ccc(N3CCN(C)CC3)cc1)C=CC(C)(C)O2. The number of benzene rings is 2. The molecule has 0 bridgehead atoms. The summed E-state index contributed by atoms with van der Waals surface area (Å²) in [6.07, 6.45) is 6.86. The van der Waals surface area contributed by atoms with Crippen molar-refractivity contribution in [1.82, 2.24) is 4.90 Å². The third-order valence-electron chi connectivity index (χ3n) is 5.95. The Morgan fingerprint density at radius 1 is 1.16 bits per heavy atom. The molecule has 2 aliphatic heterocycles. The molecule has 1 N–H and O–H groups in total. The van der Waals surface area contributed by atoms with E-state index in [1.54, 1.807) is 18.2 Å². The number of ether oxygens (including phenoxy) is 2. The van der Waals surface area contributed by atoms with Gasteiger partial charge in [-0.1, -0.05) is 18.2 Å². The molecule has 6 nitrogen and oxygen atoms in total. The van der Waals surface area contributed by atoms with Crippen LogP contribution in [-0.4, -0.2) is 61.7 Å². The molecule has 2 aromatic rings. The van der Waals surface area contributed by atoms with E-state index in [-0.39, 0.29) is 22.8 Å². The van der Waals surface area contributed by atoms with Crippen LogP contribution in [-0.2, 0) is 0 Å². The Morgan fingerprint density at radius 3 is 2.50 bits per heavy atom. The second-order valence-electron chi connectivity index (χ2n) is 8.83. The first-order chi connectivity index (χ1) is 15.3. The molecule has 2 heterocycles. The minimum Gasteiger partial charge on any atom is -0.506 e. The molecule has 1 fully saturated rings. The first-order valence-corrected chi connectivity index (χ1v) is 10.9. The van der Waals surface area contributed by atoms with Crippen molar-refractivity contribution in [1.29, 1.82) is 0 Å². The fraction of sp³-hybridized carbons (Fsp3) is 0.346. The largest absolute Gasteiger partial charge is 0.506 e. The van der Waals surface area contributed by atoms with E-state index < -0.39 is 5.60 Å². The van der Waals surface area contributed by atoms with Gasteiger partial charge < -0.3 is 24.4 Å². The maximum Gasteiger partial charge on any atom is 0.193 e. The minimum absolute atomic E-state index is 0.129. The molecule has 0 aromatic heterocycles. The van der Waals surface area contributed by atoms with Crippen molar-refractivity contribution in [3.63, 3.8) is 0 Å². The predicted molar refractivity (Wildman–Crippen MR) is 128 cm³/mol. The summed E-state index contributed by atoms with van der Waals surface area (Å²) in [4.78, 5) is 17.7. The number of carbonyl (C=O) groups excluding carboxylic acids is 1. The fourth-order valence-corrected chi connectivity index (χ4v) is 4.00. The van der Waals surface area contributed by atoms with Gasteiger partial charge in [-0.25, -0.2) is 0 Å². The van der Waals surface area contributed by atoms with Crippen molar-refractivity contribution < 1.29 is 19.4 Å². The number of rotatable bonds is 5. The Bertz CT molecular complexity index is 1060. The number of likely N-dealkylation sites (N-methyl/N-ethyl adjacent to an activating group) is 1. The number of anilines is 1. The summed E-state index contributed by atoms with van der Waals surface area (Å²) >= 11 is 0. The van der Waals surface area contributed by atoms with Crippen molar-refractivity contribution in [2.45, 2.75) is 19.4 Å². The van der Waals surface area contributed by atoms with Crippen LogP contribution >= 0.6 is 0 Å². The van der Waals surface area contributed by atoms with Crippen molar-refractivity contribution in [2.24, 2.45) is 0 Å². The van der Waals surface area contributed by atoms with E-state index in [1.165, 1.54) is 18.9 Å². The number of hydrogen-bond donors (Lipinski definition) is 1. The number of carbonyl (C=O) groups is 1. The highest BCUT2D eigenvalue weighted by molar-refractivity contribution is 6.11. The van der Waals surface area contributed by atoms with E-state index in [1.807, 2.05) is 32.1 Å². The molecule has 0 unspecified atom stereocenters. The van der Waals surface area contributed by atoms with E-state index in [0.29, 0.717) is 11.3 Å². The van der Waals surface area contributed by atoms with Crippen LogP contribution in [0.4, 0.5) is 5.69 Å². The Morgan fingerprint density at radius 2 is 1.84 bits per heavy atom. The van der Waals surface area contributed by atoms with Crippen LogP contribution < -0.4 is 14.4 Å². The zero-order valence-electron chi connectivity index (χ0n) is 19.1. The van der Waals surface area contributed by atoms with Gasteiger partial charge in [0, 0.05) is 37.9 Å². The highest BCUT2D eigenvalue weighted by Gasteiger charge is 2.28. The van der Waals surface area contributed by atoms with Crippen molar-refractivity contribution >= 4 is 23.6 Å². The number of nitrogens with zero attached hydrogens (tertiary/aromatic N) is 2. The topological polar surface area (TPSA) is 62.2 Å². The summed E-state index contributed by atoms with van der Waals surface area (Å²) < 4.78 is 11.3. The standard InChI is InChI=1S/C26H30N2O4/c1-26(2)12-11-20-22(32-26)17-23(31-4)24(25(20)30)21(29)10-7-18-5-8-19(9-6-18)28-15-13-27(3)14-16-28/h5-12,17,30H,13-16H2,1-4H3/b10-7+. The van der Waals surface area contributed by atoms with Gasteiger partial charge in [-0.05, 0) is 56.8 Å². The zero-order chi connectivity index (χ0) is 22.9. The van der Waals surface area contributed by atoms with Crippen LogP contribution in [0, 0.1) is 0 Å². The molecule has 2 aliphatic rings. The van der Waals surface area contributed by atoms with Crippen molar-refractivity contribution in [3.8, 4) is 17.2 Å². The number of aromatic hydroxyl groups is 1. The molecule has 4 rings (SSSR count). The average Bonchev–Trinajstić information content (AvgIpc) is 2.77. The van der Waals surface area contributed by atoms with Gasteiger partial charge in [-0.2, -0.15) is 0 Å². The van der Waals surface area contributed by atoms with Crippen LogP contribution in [0.2, 0.25) is 0 Å². The number of fused-ring (bicyclic) bond motifs is 1. The summed E-state index contributed by atoms with van der Waals surface area (Å²) in [5.41, 5.74) is 2.22. The normalized spacial score (nSPS) is 17.8. The van der Waals surface area contributed by atoms with Crippen LogP contribution in [0.15, 0.2) is 42.5 Å². The van der Waals surface area contributed by atoms with E-state index in [0.717, 1.165) is 31.7 Å². The van der Waals surface area contributed by atoms with E-state index in [4.69, 9.17) is 9.47 Å². The second-order valence-corrected chi connectivity index (χ2v) is 8.83. The molecule has 1 saturated heterocycles. The molecule has 0 spiro atoms.